The van der Waals surface area contributed by atoms with Crippen molar-refractivity contribution in [2.45, 2.75) is 37.9 Å². The van der Waals surface area contributed by atoms with E-state index in [9.17, 15) is 19.2 Å². The Morgan fingerprint density at radius 2 is 1.00 bits per heavy atom. The minimum absolute atomic E-state index is 0.0683. The van der Waals surface area contributed by atoms with Gasteiger partial charge in [-0.3, -0.25) is 0 Å². The Labute approximate surface area is 218 Å². The Hall–Kier alpha value is -4.48. The highest BCUT2D eigenvalue weighted by molar-refractivity contribution is 5.91. The minimum Gasteiger partial charge on any atom is -0.493 e. The van der Waals surface area contributed by atoms with Crippen LogP contribution in [0.2, 0.25) is 0 Å². The van der Waals surface area contributed by atoms with Gasteiger partial charge >= 0.3 is 24.2 Å². The molecule has 1 fully saturated rings. The van der Waals surface area contributed by atoms with Gasteiger partial charge in [-0.05, 0) is 62.1 Å². The second-order valence-electron chi connectivity index (χ2n) is 8.02. The molecule has 0 aromatic heterocycles. The highest BCUT2D eigenvalue weighted by Gasteiger charge is 2.32. The van der Waals surface area contributed by atoms with Gasteiger partial charge in [-0.1, -0.05) is 0 Å². The molecule has 1 saturated carbocycles. The minimum atomic E-state index is -0.936. The smallest absolute Gasteiger partial charge is 0.493 e. The molecule has 2 atom stereocenters. The SMILES string of the molecule is COC(=O)Oc1ccc(C(=O)O[C@H]2CCCC[C@H]2OC(=O)c2ccc(OC(=O)OC)c(OC)c2)cc1OC. The van der Waals surface area contributed by atoms with Crippen LogP contribution in [0.3, 0.4) is 0 Å². The molecule has 0 amide bonds. The van der Waals surface area contributed by atoms with Gasteiger partial charge < -0.3 is 37.9 Å². The first-order chi connectivity index (χ1) is 18.3. The van der Waals surface area contributed by atoms with Crippen LogP contribution in [0.4, 0.5) is 9.59 Å². The number of rotatable bonds is 8. The van der Waals surface area contributed by atoms with Crippen LogP contribution in [-0.2, 0) is 18.9 Å². The van der Waals surface area contributed by atoms with E-state index in [-0.39, 0.29) is 34.1 Å². The van der Waals surface area contributed by atoms with E-state index in [0.29, 0.717) is 12.8 Å². The van der Waals surface area contributed by atoms with E-state index in [2.05, 4.69) is 9.47 Å². The van der Waals surface area contributed by atoms with Crippen LogP contribution in [-0.4, -0.2) is 64.9 Å². The Balaban J connectivity index is 1.70. The summed E-state index contributed by atoms with van der Waals surface area (Å²) in [4.78, 5) is 48.6. The molecule has 38 heavy (non-hydrogen) atoms. The molecule has 204 valence electrons. The Bertz CT molecular complexity index is 1080. The van der Waals surface area contributed by atoms with Crippen LogP contribution in [0.5, 0.6) is 23.0 Å². The topological polar surface area (TPSA) is 142 Å². The predicted molar refractivity (Wildman–Crippen MR) is 129 cm³/mol. The maximum atomic E-state index is 12.9. The van der Waals surface area contributed by atoms with Crippen LogP contribution in [0.1, 0.15) is 46.4 Å². The summed E-state index contributed by atoms with van der Waals surface area (Å²) in [6.07, 6.45) is -0.660. The molecule has 2 aromatic carbocycles. The fraction of sp³-hybridized carbons (Fsp3) is 0.385. The molecule has 0 bridgehead atoms. The van der Waals surface area contributed by atoms with E-state index in [4.69, 9.17) is 28.4 Å². The van der Waals surface area contributed by atoms with Crippen molar-refractivity contribution in [3.05, 3.63) is 47.5 Å². The molecule has 2 aromatic rings. The number of benzene rings is 2. The van der Waals surface area contributed by atoms with Crippen molar-refractivity contribution in [3.63, 3.8) is 0 Å². The van der Waals surface area contributed by atoms with Gasteiger partial charge in [0.05, 0.1) is 39.6 Å². The monoisotopic (exact) mass is 532 g/mol. The van der Waals surface area contributed by atoms with Crippen molar-refractivity contribution in [2.24, 2.45) is 0 Å². The lowest BCUT2D eigenvalue weighted by Gasteiger charge is -2.30. The summed E-state index contributed by atoms with van der Waals surface area (Å²) >= 11 is 0. The van der Waals surface area contributed by atoms with Crippen molar-refractivity contribution < 1.29 is 57.1 Å². The Morgan fingerprint density at radius 3 is 1.34 bits per heavy atom. The van der Waals surface area contributed by atoms with Crippen molar-refractivity contribution >= 4 is 24.2 Å². The van der Waals surface area contributed by atoms with E-state index in [1.807, 2.05) is 0 Å². The normalized spacial score (nSPS) is 16.4. The third-order valence-corrected chi connectivity index (χ3v) is 5.68. The third-order valence-electron chi connectivity index (χ3n) is 5.68. The van der Waals surface area contributed by atoms with E-state index in [1.54, 1.807) is 0 Å². The lowest BCUT2D eigenvalue weighted by Crippen LogP contribution is -2.37. The van der Waals surface area contributed by atoms with E-state index in [0.717, 1.165) is 12.8 Å². The molecule has 0 radical (unpaired) electrons. The van der Waals surface area contributed by atoms with E-state index in [1.165, 1.54) is 64.8 Å². The second kappa shape index (κ2) is 13.2. The first-order valence-electron chi connectivity index (χ1n) is 11.6. The van der Waals surface area contributed by atoms with Gasteiger partial charge in [0.25, 0.3) is 0 Å². The Kier molecular flexibility index (Phi) is 9.74. The van der Waals surface area contributed by atoms with Crippen molar-refractivity contribution in [3.8, 4) is 23.0 Å². The van der Waals surface area contributed by atoms with Crippen LogP contribution < -0.4 is 18.9 Å². The summed E-state index contributed by atoms with van der Waals surface area (Å²) in [7, 11) is 5.04. The molecule has 1 aliphatic rings. The lowest BCUT2D eigenvalue weighted by atomic mass is 9.94. The lowest BCUT2D eigenvalue weighted by molar-refractivity contribution is -0.0514. The van der Waals surface area contributed by atoms with Crippen LogP contribution in [0.15, 0.2) is 36.4 Å². The number of carbonyl (C=O) groups excluding carboxylic acids is 4. The number of esters is 2. The molecule has 0 spiro atoms. The molecule has 0 N–H and O–H groups in total. The molecule has 0 aliphatic heterocycles. The average Bonchev–Trinajstić information content (AvgIpc) is 2.94. The number of ether oxygens (including phenoxy) is 8. The highest BCUT2D eigenvalue weighted by atomic mass is 16.7. The molecular formula is C26H28O12. The fourth-order valence-corrected chi connectivity index (χ4v) is 3.76. The maximum Gasteiger partial charge on any atom is 0.513 e. The van der Waals surface area contributed by atoms with Crippen molar-refractivity contribution in [1.82, 2.24) is 0 Å². The largest absolute Gasteiger partial charge is 0.513 e. The van der Waals surface area contributed by atoms with Crippen LogP contribution in [0.25, 0.3) is 0 Å². The van der Waals surface area contributed by atoms with Crippen LogP contribution in [0, 0.1) is 0 Å². The zero-order valence-electron chi connectivity index (χ0n) is 21.3. The molecule has 12 heteroatoms. The third kappa shape index (κ3) is 7.05. The van der Waals surface area contributed by atoms with Gasteiger partial charge in [0.15, 0.2) is 23.0 Å². The maximum absolute atomic E-state index is 12.9. The first kappa shape index (κ1) is 28.1. The predicted octanol–water partition coefficient (Wildman–Crippen LogP) is 4.32. The van der Waals surface area contributed by atoms with E-state index < -0.39 is 36.5 Å². The summed E-state index contributed by atoms with van der Waals surface area (Å²) < 4.78 is 40.7. The fourth-order valence-electron chi connectivity index (χ4n) is 3.76. The molecule has 12 nitrogen and oxygen atoms in total. The second-order valence-corrected chi connectivity index (χ2v) is 8.02. The highest BCUT2D eigenvalue weighted by Crippen LogP contribution is 2.32. The zero-order valence-corrected chi connectivity index (χ0v) is 21.3. The quantitative estimate of drug-likeness (QED) is 0.271. The van der Waals surface area contributed by atoms with Gasteiger partial charge in [-0.15, -0.1) is 0 Å². The van der Waals surface area contributed by atoms with Gasteiger partial charge in [0, 0.05) is 0 Å². The summed E-state index contributed by atoms with van der Waals surface area (Å²) in [6, 6.07) is 8.33. The number of hydrogen-bond acceptors (Lipinski definition) is 12. The summed E-state index contributed by atoms with van der Waals surface area (Å²) in [5.74, 6) is -0.925. The molecule has 0 unspecified atom stereocenters. The van der Waals surface area contributed by atoms with Gasteiger partial charge in [0.2, 0.25) is 0 Å². The standard InChI is InChI=1S/C26H28O12/c1-31-21-13-15(9-11-19(21)37-25(29)33-3)23(27)35-17-7-5-6-8-18(17)36-24(28)16-10-12-20(22(14-16)32-2)38-26(30)34-4/h9-14,17-18H,5-8H2,1-4H3/t17-,18+. The zero-order chi connectivity index (χ0) is 27.7. The summed E-state index contributed by atoms with van der Waals surface area (Å²) in [5, 5.41) is 0. The average molecular weight is 532 g/mol. The summed E-state index contributed by atoms with van der Waals surface area (Å²) in [5.41, 5.74) is 0.307. The number of carbonyl (C=O) groups is 4. The van der Waals surface area contributed by atoms with Gasteiger partial charge in [0.1, 0.15) is 12.2 Å². The van der Waals surface area contributed by atoms with Crippen molar-refractivity contribution in [2.75, 3.05) is 28.4 Å². The molecule has 0 heterocycles. The van der Waals surface area contributed by atoms with Gasteiger partial charge in [-0.2, -0.15) is 0 Å². The molecule has 0 saturated heterocycles. The van der Waals surface area contributed by atoms with Gasteiger partial charge in [-0.25, -0.2) is 19.2 Å². The number of hydrogen-bond donors (Lipinski definition) is 0. The Morgan fingerprint density at radius 1 is 0.605 bits per heavy atom. The molecular weight excluding hydrogens is 504 g/mol. The summed E-state index contributed by atoms with van der Waals surface area (Å²) in [6.45, 7) is 0. The van der Waals surface area contributed by atoms with Crippen molar-refractivity contribution in [1.29, 1.82) is 0 Å². The first-order valence-corrected chi connectivity index (χ1v) is 11.6. The van der Waals surface area contributed by atoms with Crippen LogP contribution >= 0.6 is 0 Å². The number of methoxy groups -OCH3 is 4. The van der Waals surface area contributed by atoms with E-state index >= 15 is 0 Å². The molecule has 3 rings (SSSR count). The molecule has 1 aliphatic carbocycles.